The summed E-state index contributed by atoms with van der Waals surface area (Å²) in [7, 11) is 0. The van der Waals surface area contributed by atoms with Gasteiger partial charge in [-0.05, 0) is 22.9 Å². The molecule has 0 heterocycles. The molecule has 1 nitrogen and oxygen atoms in total. The summed E-state index contributed by atoms with van der Waals surface area (Å²) in [6.45, 7) is 7.68. The number of nitrogens with one attached hydrogen (secondary N) is 1. The molecule has 0 fully saturated rings. The van der Waals surface area contributed by atoms with Crippen LogP contribution < -0.4 is 5.32 Å². The monoisotopic (exact) mass is 291 g/mol. The molecule has 0 saturated heterocycles. The first-order valence-electron chi connectivity index (χ1n) is 5.88. The molecule has 0 aromatic heterocycles. The van der Waals surface area contributed by atoms with E-state index in [1.54, 1.807) is 0 Å². The number of anilines is 1. The standard InChI is InChI=1S/C15H18BrN/c1-15(2,3)10-17-14-9-8-13(16)11-6-4-5-7-12(11)14/h4-9,17H,10H2,1-3H3. The van der Waals surface area contributed by atoms with Gasteiger partial charge in [0.15, 0.2) is 0 Å². The van der Waals surface area contributed by atoms with Gasteiger partial charge in [0.05, 0.1) is 0 Å². The lowest BCUT2D eigenvalue weighted by molar-refractivity contribution is 0.443. The lowest BCUT2D eigenvalue weighted by atomic mass is 9.96. The van der Waals surface area contributed by atoms with Gasteiger partial charge >= 0.3 is 0 Å². The Balaban J connectivity index is 2.38. The van der Waals surface area contributed by atoms with Crippen molar-refractivity contribution in [1.29, 1.82) is 0 Å². The highest BCUT2D eigenvalue weighted by molar-refractivity contribution is 9.10. The Morgan fingerprint density at radius 1 is 1.00 bits per heavy atom. The van der Waals surface area contributed by atoms with Gasteiger partial charge in [-0.15, -0.1) is 0 Å². The summed E-state index contributed by atoms with van der Waals surface area (Å²) in [6.07, 6.45) is 0. The Kier molecular flexibility index (Phi) is 3.43. The predicted molar refractivity (Wildman–Crippen MR) is 79.6 cm³/mol. The molecule has 0 bridgehead atoms. The summed E-state index contributed by atoms with van der Waals surface area (Å²) in [4.78, 5) is 0. The normalized spacial score (nSPS) is 11.8. The molecular weight excluding hydrogens is 274 g/mol. The predicted octanol–water partition coefficient (Wildman–Crippen LogP) is 5.06. The van der Waals surface area contributed by atoms with Crippen LogP contribution in [0.25, 0.3) is 10.8 Å². The van der Waals surface area contributed by atoms with Crippen molar-refractivity contribution in [3.05, 3.63) is 40.9 Å². The Morgan fingerprint density at radius 2 is 1.65 bits per heavy atom. The van der Waals surface area contributed by atoms with Gasteiger partial charge in [-0.25, -0.2) is 0 Å². The van der Waals surface area contributed by atoms with Crippen LogP contribution in [0.5, 0.6) is 0 Å². The molecule has 0 saturated carbocycles. The maximum Gasteiger partial charge on any atom is 0.0420 e. The minimum absolute atomic E-state index is 0.286. The SMILES string of the molecule is CC(C)(C)CNc1ccc(Br)c2ccccc12. The summed E-state index contributed by atoms with van der Waals surface area (Å²) in [5.74, 6) is 0. The third-order valence-electron chi connectivity index (χ3n) is 2.68. The van der Waals surface area contributed by atoms with Gasteiger partial charge < -0.3 is 5.32 Å². The van der Waals surface area contributed by atoms with Crippen molar-refractivity contribution in [2.24, 2.45) is 5.41 Å². The second kappa shape index (κ2) is 4.69. The highest BCUT2D eigenvalue weighted by atomic mass is 79.9. The van der Waals surface area contributed by atoms with Crippen molar-refractivity contribution in [3.63, 3.8) is 0 Å². The molecule has 2 rings (SSSR count). The van der Waals surface area contributed by atoms with Crippen LogP contribution in [0, 0.1) is 5.41 Å². The van der Waals surface area contributed by atoms with E-state index in [-0.39, 0.29) is 5.41 Å². The van der Waals surface area contributed by atoms with Crippen LogP contribution in [0.3, 0.4) is 0 Å². The fourth-order valence-corrected chi connectivity index (χ4v) is 2.25. The molecule has 1 N–H and O–H groups in total. The van der Waals surface area contributed by atoms with E-state index in [9.17, 15) is 0 Å². The van der Waals surface area contributed by atoms with Gasteiger partial charge in [0.25, 0.3) is 0 Å². The maximum absolute atomic E-state index is 3.59. The molecular formula is C15H18BrN. The van der Waals surface area contributed by atoms with Gasteiger partial charge in [0, 0.05) is 22.1 Å². The molecule has 17 heavy (non-hydrogen) atoms. The minimum Gasteiger partial charge on any atom is -0.384 e. The average molecular weight is 292 g/mol. The van der Waals surface area contributed by atoms with E-state index in [0.717, 1.165) is 11.0 Å². The first-order chi connectivity index (χ1) is 7.97. The molecule has 0 radical (unpaired) electrons. The van der Waals surface area contributed by atoms with Crippen LogP contribution in [0.15, 0.2) is 40.9 Å². The van der Waals surface area contributed by atoms with E-state index in [1.165, 1.54) is 16.5 Å². The van der Waals surface area contributed by atoms with Crippen molar-refractivity contribution in [2.45, 2.75) is 20.8 Å². The Morgan fingerprint density at radius 3 is 2.29 bits per heavy atom. The second-order valence-corrected chi connectivity index (χ2v) is 6.41. The van der Waals surface area contributed by atoms with Crippen molar-refractivity contribution < 1.29 is 0 Å². The minimum atomic E-state index is 0.286. The van der Waals surface area contributed by atoms with Crippen molar-refractivity contribution in [1.82, 2.24) is 0 Å². The number of hydrogen-bond acceptors (Lipinski definition) is 1. The van der Waals surface area contributed by atoms with Gasteiger partial charge in [-0.3, -0.25) is 0 Å². The molecule has 2 aromatic rings. The number of rotatable bonds is 2. The fraction of sp³-hybridized carbons (Fsp3) is 0.333. The fourth-order valence-electron chi connectivity index (χ4n) is 1.78. The van der Waals surface area contributed by atoms with Gasteiger partial charge in [-0.1, -0.05) is 61.0 Å². The number of hydrogen-bond donors (Lipinski definition) is 1. The smallest absolute Gasteiger partial charge is 0.0420 e. The van der Waals surface area contributed by atoms with E-state index >= 15 is 0 Å². The zero-order valence-electron chi connectivity index (χ0n) is 10.5. The highest BCUT2D eigenvalue weighted by Gasteiger charge is 2.10. The number of benzene rings is 2. The molecule has 0 aliphatic carbocycles. The number of fused-ring (bicyclic) bond motifs is 1. The zero-order valence-corrected chi connectivity index (χ0v) is 12.1. The van der Waals surface area contributed by atoms with Crippen LogP contribution in [0.4, 0.5) is 5.69 Å². The van der Waals surface area contributed by atoms with Crippen LogP contribution in [0.2, 0.25) is 0 Å². The number of halogens is 1. The van der Waals surface area contributed by atoms with Gasteiger partial charge in [0.2, 0.25) is 0 Å². The largest absolute Gasteiger partial charge is 0.384 e. The van der Waals surface area contributed by atoms with E-state index in [0.29, 0.717) is 0 Å². The molecule has 0 spiro atoms. The van der Waals surface area contributed by atoms with Crippen LogP contribution in [-0.2, 0) is 0 Å². The first-order valence-corrected chi connectivity index (χ1v) is 6.68. The van der Waals surface area contributed by atoms with Crippen LogP contribution in [0.1, 0.15) is 20.8 Å². The lowest BCUT2D eigenvalue weighted by Gasteiger charge is -2.20. The Labute approximate surface area is 111 Å². The van der Waals surface area contributed by atoms with Gasteiger partial charge in [-0.2, -0.15) is 0 Å². The molecule has 0 aliphatic rings. The first kappa shape index (κ1) is 12.4. The third-order valence-corrected chi connectivity index (χ3v) is 3.37. The van der Waals surface area contributed by atoms with Crippen LogP contribution >= 0.6 is 15.9 Å². The van der Waals surface area contributed by atoms with Gasteiger partial charge in [0.1, 0.15) is 0 Å². The van der Waals surface area contributed by atoms with E-state index in [2.05, 4.69) is 78.4 Å². The van der Waals surface area contributed by atoms with Crippen LogP contribution in [-0.4, -0.2) is 6.54 Å². The summed E-state index contributed by atoms with van der Waals surface area (Å²) < 4.78 is 1.15. The molecule has 0 unspecified atom stereocenters. The molecule has 0 aliphatic heterocycles. The zero-order chi connectivity index (χ0) is 12.5. The summed E-state index contributed by atoms with van der Waals surface area (Å²) in [5, 5.41) is 6.06. The summed E-state index contributed by atoms with van der Waals surface area (Å²) in [5.41, 5.74) is 1.49. The maximum atomic E-state index is 3.59. The molecule has 2 heteroatoms. The average Bonchev–Trinajstić information content (AvgIpc) is 2.27. The topological polar surface area (TPSA) is 12.0 Å². The molecule has 90 valence electrons. The van der Waals surface area contributed by atoms with Crippen molar-refractivity contribution >= 4 is 32.4 Å². The second-order valence-electron chi connectivity index (χ2n) is 5.55. The lowest BCUT2D eigenvalue weighted by Crippen LogP contribution is -2.19. The van der Waals surface area contributed by atoms with Crippen molar-refractivity contribution in [3.8, 4) is 0 Å². The molecule has 0 atom stereocenters. The summed E-state index contributed by atoms with van der Waals surface area (Å²) >= 11 is 3.59. The Bertz CT molecular complexity index is 526. The third kappa shape index (κ3) is 3.01. The van der Waals surface area contributed by atoms with E-state index < -0.39 is 0 Å². The highest BCUT2D eigenvalue weighted by Crippen LogP contribution is 2.30. The quantitative estimate of drug-likeness (QED) is 0.815. The Hall–Kier alpha value is -1.02. The summed E-state index contributed by atoms with van der Waals surface area (Å²) in [6, 6.07) is 12.7. The van der Waals surface area contributed by atoms with E-state index in [4.69, 9.17) is 0 Å². The van der Waals surface area contributed by atoms with E-state index in [1.807, 2.05) is 0 Å². The molecule has 2 aromatic carbocycles. The van der Waals surface area contributed by atoms with Crippen molar-refractivity contribution in [2.75, 3.05) is 11.9 Å². The molecule has 0 amide bonds.